The maximum atomic E-state index is 12.8. The smallest absolute Gasteiger partial charge is 0.293 e. The van der Waals surface area contributed by atoms with Crippen LogP contribution in [0.5, 0.6) is 17.4 Å². The molecule has 1 fully saturated rings. The van der Waals surface area contributed by atoms with Crippen LogP contribution in [-0.4, -0.2) is 33.1 Å². The number of benzene rings is 2. The molecular formula is C23H16IN3O6S. The van der Waals surface area contributed by atoms with Crippen LogP contribution in [-0.2, 0) is 11.3 Å². The number of carbonyl (C=O) groups excluding carboxylic acids is 2. The monoisotopic (exact) mass is 589 g/mol. The Bertz CT molecular complexity index is 1300. The Kier molecular flexibility index (Phi) is 7.12. The molecule has 34 heavy (non-hydrogen) atoms. The molecule has 0 atom stereocenters. The predicted octanol–water partition coefficient (Wildman–Crippen LogP) is 5.63. The Morgan fingerprint density at radius 3 is 2.53 bits per heavy atom. The number of nitrogens with zero attached hydrogens (tertiary/aromatic N) is 3. The SMILES string of the molecule is COc1cc(/C=C2/SC(=O)N(Cc3ccc(I)cc3)C2=O)ccc1Oc1ccc([N+](=O)[O-])cn1. The van der Waals surface area contributed by atoms with Crippen LogP contribution in [0.3, 0.4) is 0 Å². The van der Waals surface area contributed by atoms with Crippen molar-refractivity contribution in [2.45, 2.75) is 6.54 Å². The number of thioether (sulfide) groups is 1. The molecule has 0 bridgehead atoms. The van der Waals surface area contributed by atoms with Gasteiger partial charge in [0, 0.05) is 15.7 Å². The van der Waals surface area contributed by atoms with Crippen molar-refractivity contribution in [3.8, 4) is 17.4 Å². The molecule has 3 aromatic rings. The van der Waals surface area contributed by atoms with E-state index in [0.29, 0.717) is 22.0 Å². The lowest BCUT2D eigenvalue weighted by Crippen LogP contribution is -2.27. The fourth-order valence-electron chi connectivity index (χ4n) is 3.07. The van der Waals surface area contributed by atoms with Crippen molar-refractivity contribution in [1.29, 1.82) is 0 Å². The number of hydrogen-bond acceptors (Lipinski definition) is 8. The van der Waals surface area contributed by atoms with Gasteiger partial charge in [-0.2, -0.15) is 0 Å². The molecule has 9 nitrogen and oxygen atoms in total. The van der Waals surface area contributed by atoms with Gasteiger partial charge in [0.25, 0.3) is 16.8 Å². The van der Waals surface area contributed by atoms with E-state index >= 15 is 0 Å². The van der Waals surface area contributed by atoms with Crippen LogP contribution in [0.15, 0.2) is 65.7 Å². The molecule has 2 amide bonds. The zero-order valence-electron chi connectivity index (χ0n) is 17.6. The zero-order valence-corrected chi connectivity index (χ0v) is 20.6. The van der Waals surface area contributed by atoms with Gasteiger partial charge in [-0.05, 0) is 75.8 Å². The highest BCUT2D eigenvalue weighted by Gasteiger charge is 2.35. The molecule has 1 aliphatic heterocycles. The molecule has 0 N–H and O–H groups in total. The van der Waals surface area contributed by atoms with Gasteiger partial charge in [0.2, 0.25) is 5.88 Å². The molecule has 172 valence electrons. The average molecular weight is 589 g/mol. The topological polar surface area (TPSA) is 112 Å². The Labute approximate surface area is 212 Å². The largest absolute Gasteiger partial charge is 0.493 e. The molecule has 1 aromatic heterocycles. The summed E-state index contributed by atoms with van der Waals surface area (Å²) < 4.78 is 12.1. The molecule has 0 radical (unpaired) electrons. The highest BCUT2D eigenvalue weighted by molar-refractivity contribution is 14.1. The summed E-state index contributed by atoms with van der Waals surface area (Å²) in [6.07, 6.45) is 2.72. The molecule has 0 spiro atoms. The summed E-state index contributed by atoms with van der Waals surface area (Å²) in [5, 5.41) is 10.4. The van der Waals surface area contributed by atoms with Crippen molar-refractivity contribution in [3.05, 3.63) is 90.5 Å². The number of ether oxygens (including phenoxy) is 2. The van der Waals surface area contributed by atoms with Crippen LogP contribution in [0.25, 0.3) is 6.08 Å². The van der Waals surface area contributed by atoms with Gasteiger partial charge in [-0.3, -0.25) is 24.6 Å². The second-order valence-electron chi connectivity index (χ2n) is 7.02. The van der Waals surface area contributed by atoms with Crippen LogP contribution < -0.4 is 9.47 Å². The number of rotatable bonds is 7. The maximum absolute atomic E-state index is 12.8. The van der Waals surface area contributed by atoms with Gasteiger partial charge in [0.05, 0.1) is 23.5 Å². The van der Waals surface area contributed by atoms with Crippen molar-refractivity contribution in [2.24, 2.45) is 0 Å². The minimum atomic E-state index is -0.547. The molecule has 1 saturated heterocycles. The lowest BCUT2D eigenvalue weighted by molar-refractivity contribution is -0.385. The molecule has 0 aliphatic carbocycles. The first kappa shape index (κ1) is 23.7. The average Bonchev–Trinajstić information content (AvgIpc) is 3.09. The number of carbonyl (C=O) groups is 2. The predicted molar refractivity (Wildman–Crippen MR) is 135 cm³/mol. The van der Waals surface area contributed by atoms with E-state index in [1.807, 2.05) is 24.3 Å². The second-order valence-corrected chi connectivity index (χ2v) is 9.26. The van der Waals surface area contributed by atoms with Crippen molar-refractivity contribution >= 4 is 57.3 Å². The summed E-state index contributed by atoms with van der Waals surface area (Å²) in [6, 6.07) is 15.3. The summed E-state index contributed by atoms with van der Waals surface area (Å²) in [4.78, 5) is 40.9. The van der Waals surface area contributed by atoms with E-state index in [4.69, 9.17) is 9.47 Å². The third-order valence-electron chi connectivity index (χ3n) is 4.76. The first-order chi connectivity index (χ1) is 16.3. The first-order valence-electron chi connectivity index (χ1n) is 9.80. The summed E-state index contributed by atoms with van der Waals surface area (Å²) >= 11 is 3.08. The van der Waals surface area contributed by atoms with Gasteiger partial charge in [-0.25, -0.2) is 4.98 Å². The van der Waals surface area contributed by atoms with Gasteiger partial charge in [-0.1, -0.05) is 18.2 Å². The Hall–Kier alpha value is -3.45. The molecule has 11 heteroatoms. The number of nitro groups is 1. The lowest BCUT2D eigenvalue weighted by Gasteiger charge is -2.12. The van der Waals surface area contributed by atoms with Crippen molar-refractivity contribution < 1.29 is 24.0 Å². The van der Waals surface area contributed by atoms with Crippen molar-refractivity contribution in [3.63, 3.8) is 0 Å². The second kappa shape index (κ2) is 10.2. The minimum Gasteiger partial charge on any atom is -0.493 e. The van der Waals surface area contributed by atoms with Gasteiger partial charge in [0.1, 0.15) is 6.20 Å². The summed E-state index contributed by atoms with van der Waals surface area (Å²) in [6.45, 7) is 0.206. The van der Waals surface area contributed by atoms with Crippen molar-refractivity contribution in [1.82, 2.24) is 9.88 Å². The molecular weight excluding hydrogens is 573 g/mol. The number of aromatic nitrogens is 1. The summed E-state index contributed by atoms with van der Waals surface area (Å²) in [5.41, 5.74) is 1.36. The highest BCUT2D eigenvalue weighted by atomic mass is 127. The number of pyridine rings is 1. The van der Waals surface area contributed by atoms with Crippen LogP contribution in [0.4, 0.5) is 10.5 Å². The van der Waals surface area contributed by atoms with E-state index in [1.165, 1.54) is 24.1 Å². The van der Waals surface area contributed by atoms with Crippen molar-refractivity contribution in [2.75, 3.05) is 7.11 Å². The Morgan fingerprint density at radius 2 is 1.88 bits per heavy atom. The molecule has 2 heterocycles. The Balaban J connectivity index is 1.51. The van der Waals surface area contributed by atoms with Crippen LogP contribution in [0.1, 0.15) is 11.1 Å². The number of imide groups is 1. The summed E-state index contributed by atoms with van der Waals surface area (Å²) in [7, 11) is 1.46. The summed E-state index contributed by atoms with van der Waals surface area (Å²) in [5.74, 6) is 0.510. The fourth-order valence-corrected chi connectivity index (χ4v) is 4.27. The van der Waals surface area contributed by atoms with Gasteiger partial charge >= 0.3 is 0 Å². The van der Waals surface area contributed by atoms with E-state index in [2.05, 4.69) is 27.6 Å². The van der Waals surface area contributed by atoms with E-state index in [1.54, 1.807) is 24.3 Å². The fraction of sp³-hybridized carbons (Fsp3) is 0.0870. The standard InChI is InChI=1S/C23H16IN3O6S/c1-32-19-10-15(4-8-18(19)33-21-9-7-17(12-25-21)27(30)31)11-20-22(28)26(23(29)34-20)13-14-2-5-16(24)6-3-14/h2-12H,13H2,1H3/b20-11+. The molecule has 0 saturated carbocycles. The molecule has 0 unspecified atom stereocenters. The number of amides is 2. The first-order valence-corrected chi connectivity index (χ1v) is 11.7. The van der Waals surface area contributed by atoms with E-state index < -0.39 is 4.92 Å². The van der Waals surface area contributed by atoms with E-state index in [9.17, 15) is 19.7 Å². The number of halogens is 1. The lowest BCUT2D eigenvalue weighted by atomic mass is 10.1. The number of hydrogen-bond donors (Lipinski definition) is 0. The van der Waals surface area contributed by atoms with Gasteiger partial charge < -0.3 is 9.47 Å². The third kappa shape index (κ3) is 5.37. The Morgan fingerprint density at radius 1 is 1.12 bits per heavy atom. The molecule has 1 aliphatic rings. The highest BCUT2D eigenvalue weighted by Crippen LogP contribution is 2.36. The maximum Gasteiger partial charge on any atom is 0.293 e. The quantitative estimate of drug-likeness (QED) is 0.151. The number of methoxy groups -OCH3 is 1. The minimum absolute atomic E-state index is 0.148. The van der Waals surface area contributed by atoms with Crippen LogP contribution >= 0.6 is 34.4 Å². The normalized spacial score (nSPS) is 14.5. The van der Waals surface area contributed by atoms with Gasteiger partial charge in [0.15, 0.2) is 11.5 Å². The van der Waals surface area contributed by atoms with E-state index in [-0.39, 0.29) is 29.3 Å². The third-order valence-corrected chi connectivity index (χ3v) is 6.39. The van der Waals surface area contributed by atoms with Crippen LogP contribution in [0, 0.1) is 13.7 Å². The molecule has 2 aromatic carbocycles. The van der Waals surface area contributed by atoms with Crippen LogP contribution in [0.2, 0.25) is 0 Å². The molecule has 4 rings (SSSR count). The van der Waals surface area contributed by atoms with Gasteiger partial charge in [-0.15, -0.1) is 0 Å². The van der Waals surface area contributed by atoms with E-state index in [0.717, 1.165) is 27.1 Å². The zero-order chi connectivity index (χ0) is 24.2.